The highest BCUT2D eigenvalue weighted by Gasteiger charge is 2.18. The molecule has 3 nitrogen and oxygen atoms in total. The molecule has 0 spiro atoms. The summed E-state index contributed by atoms with van der Waals surface area (Å²) >= 11 is 3.40. The molecule has 2 rings (SSSR count). The molecule has 1 aliphatic heterocycles. The highest BCUT2D eigenvalue weighted by molar-refractivity contribution is 9.10. The molecule has 100 valence electrons. The quantitative estimate of drug-likeness (QED) is 0.877. The molecule has 1 fully saturated rings. The summed E-state index contributed by atoms with van der Waals surface area (Å²) in [4.78, 5) is 0. The molecule has 0 aromatic heterocycles. The van der Waals surface area contributed by atoms with Crippen LogP contribution in [-0.2, 0) is 4.74 Å². The fourth-order valence-corrected chi connectivity index (χ4v) is 2.41. The van der Waals surface area contributed by atoms with Gasteiger partial charge in [-0.25, -0.2) is 0 Å². The van der Waals surface area contributed by atoms with Gasteiger partial charge in [0, 0.05) is 17.1 Å². The average molecular weight is 314 g/mol. The Kier molecular flexibility index (Phi) is 5.47. The lowest BCUT2D eigenvalue weighted by Gasteiger charge is -2.16. The first-order valence-corrected chi connectivity index (χ1v) is 7.29. The topological polar surface area (TPSA) is 44.5 Å². The number of ether oxygens (including phenoxy) is 2. The van der Waals surface area contributed by atoms with Crippen LogP contribution in [0.2, 0.25) is 0 Å². The van der Waals surface area contributed by atoms with Crippen LogP contribution < -0.4 is 10.5 Å². The molecule has 2 atom stereocenters. The summed E-state index contributed by atoms with van der Waals surface area (Å²) in [5, 5.41) is 0. The molecule has 2 N–H and O–H groups in total. The summed E-state index contributed by atoms with van der Waals surface area (Å²) in [6.07, 6.45) is 4.51. The van der Waals surface area contributed by atoms with Crippen molar-refractivity contribution in [2.75, 3.05) is 13.2 Å². The maximum Gasteiger partial charge on any atom is 0.119 e. The zero-order valence-corrected chi connectivity index (χ0v) is 12.1. The van der Waals surface area contributed by atoms with E-state index in [0.717, 1.165) is 36.1 Å². The van der Waals surface area contributed by atoms with Crippen LogP contribution in [0.1, 0.15) is 25.7 Å². The smallest absolute Gasteiger partial charge is 0.119 e. The number of rotatable bonds is 6. The molecule has 1 aliphatic rings. The van der Waals surface area contributed by atoms with E-state index in [1.54, 1.807) is 0 Å². The Labute approximate surface area is 117 Å². The van der Waals surface area contributed by atoms with Gasteiger partial charge in [-0.2, -0.15) is 0 Å². The standard InChI is InChI=1S/C14H20BrNO2/c15-11-3-5-13(6-4-11)18-9-7-12(16)10-14-2-1-8-17-14/h3-6,12,14H,1-2,7-10,16H2. The zero-order valence-electron chi connectivity index (χ0n) is 10.5. The van der Waals surface area contributed by atoms with Crippen molar-refractivity contribution >= 4 is 15.9 Å². The average Bonchev–Trinajstić information content (AvgIpc) is 2.84. The van der Waals surface area contributed by atoms with E-state index in [0.29, 0.717) is 12.7 Å². The molecule has 0 amide bonds. The Morgan fingerprint density at radius 1 is 1.39 bits per heavy atom. The molecule has 1 aromatic carbocycles. The maximum absolute atomic E-state index is 6.07. The fraction of sp³-hybridized carbons (Fsp3) is 0.571. The summed E-state index contributed by atoms with van der Waals surface area (Å²) in [6, 6.07) is 8.03. The predicted octanol–water partition coefficient (Wildman–Crippen LogP) is 3.11. The van der Waals surface area contributed by atoms with E-state index in [9.17, 15) is 0 Å². The van der Waals surface area contributed by atoms with Crippen LogP contribution in [0.25, 0.3) is 0 Å². The third-order valence-electron chi connectivity index (χ3n) is 3.16. The van der Waals surface area contributed by atoms with Gasteiger partial charge in [0.25, 0.3) is 0 Å². The van der Waals surface area contributed by atoms with E-state index >= 15 is 0 Å². The predicted molar refractivity (Wildman–Crippen MR) is 75.8 cm³/mol. The molecule has 0 bridgehead atoms. The monoisotopic (exact) mass is 313 g/mol. The van der Waals surface area contributed by atoms with Crippen LogP contribution in [0.3, 0.4) is 0 Å². The second-order valence-electron chi connectivity index (χ2n) is 4.72. The van der Waals surface area contributed by atoms with Crippen LogP contribution in [0, 0.1) is 0 Å². The van der Waals surface area contributed by atoms with E-state index in [2.05, 4.69) is 15.9 Å². The molecule has 0 radical (unpaired) electrons. The number of benzene rings is 1. The van der Waals surface area contributed by atoms with Gasteiger partial charge in [0.1, 0.15) is 5.75 Å². The number of halogens is 1. The van der Waals surface area contributed by atoms with Crippen LogP contribution in [0.5, 0.6) is 5.75 Å². The van der Waals surface area contributed by atoms with E-state index in [1.807, 2.05) is 24.3 Å². The molecule has 1 saturated heterocycles. The molecule has 1 heterocycles. The van der Waals surface area contributed by atoms with Gasteiger partial charge in [-0.15, -0.1) is 0 Å². The molecular weight excluding hydrogens is 294 g/mol. The van der Waals surface area contributed by atoms with Gasteiger partial charge in [0.2, 0.25) is 0 Å². The molecule has 4 heteroatoms. The lowest BCUT2D eigenvalue weighted by molar-refractivity contribution is 0.0959. The van der Waals surface area contributed by atoms with Gasteiger partial charge in [0.15, 0.2) is 0 Å². The van der Waals surface area contributed by atoms with Crippen LogP contribution >= 0.6 is 15.9 Å². The second-order valence-corrected chi connectivity index (χ2v) is 5.64. The maximum atomic E-state index is 6.07. The Bertz CT molecular complexity index is 349. The van der Waals surface area contributed by atoms with Crippen molar-refractivity contribution in [2.24, 2.45) is 5.73 Å². The first kappa shape index (κ1) is 13.8. The third kappa shape index (κ3) is 4.59. The summed E-state index contributed by atoms with van der Waals surface area (Å²) in [5.74, 6) is 0.891. The SMILES string of the molecule is NC(CCOc1ccc(Br)cc1)CC1CCCO1. The Morgan fingerprint density at radius 3 is 2.83 bits per heavy atom. The first-order valence-electron chi connectivity index (χ1n) is 6.49. The van der Waals surface area contributed by atoms with Gasteiger partial charge in [-0.1, -0.05) is 15.9 Å². The highest BCUT2D eigenvalue weighted by Crippen LogP contribution is 2.18. The molecule has 0 saturated carbocycles. The van der Waals surface area contributed by atoms with Gasteiger partial charge < -0.3 is 15.2 Å². The molecule has 2 unspecified atom stereocenters. The summed E-state index contributed by atoms with van der Waals surface area (Å²) in [6.45, 7) is 1.56. The van der Waals surface area contributed by atoms with Gasteiger partial charge in [0.05, 0.1) is 12.7 Å². The first-order chi connectivity index (χ1) is 8.74. The van der Waals surface area contributed by atoms with Crippen molar-refractivity contribution in [1.29, 1.82) is 0 Å². The van der Waals surface area contributed by atoms with Gasteiger partial charge in [-0.3, -0.25) is 0 Å². The third-order valence-corrected chi connectivity index (χ3v) is 3.69. The molecular formula is C14H20BrNO2. The molecule has 1 aromatic rings. The lowest BCUT2D eigenvalue weighted by atomic mass is 10.1. The van der Waals surface area contributed by atoms with Crippen molar-refractivity contribution < 1.29 is 9.47 Å². The minimum Gasteiger partial charge on any atom is -0.494 e. The minimum atomic E-state index is 0.170. The van der Waals surface area contributed by atoms with Crippen molar-refractivity contribution in [3.63, 3.8) is 0 Å². The Morgan fingerprint density at radius 2 is 2.17 bits per heavy atom. The van der Waals surface area contributed by atoms with Crippen LogP contribution in [-0.4, -0.2) is 25.4 Å². The second kappa shape index (κ2) is 7.12. The van der Waals surface area contributed by atoms with Crippen LogP contribution in [0.4, 0.5) is 0 Å². The van der Waals surface area contributed by atoms with Crippen LogP contribution in [0.15, 0.2) is 28.7 Å². The minimum absolute atomic E-state index is 0.170. The van der Waals surface area contributed by atoms with Crippen molar-refractivity contribution in [2.45, 2.75) is 37.8 Å². The molecule has 0 aliphatic carbocycles. The lowest BCUT2D eigenvalue weighted by Crippen LogP contribution is -2.27. The number of hydrogen-bond acceptors (Lipinski definition) is 3. The Hall–Kier alpha value is -0.580. The van der Waals surface area contributed by atoms with Crippen molar-refractivity contribution in [1.82, 2.24) is 0 Å². The van der Waals surface area contributed by atoms with E-state index < -0.39 is 0 Å². The highest BCUT2D eigenvalue weighted by atomic mass is 79.9. The molecule has 18 heavy (non-hydrogen) atoms. The van der Waals surface area contributed by atoms with Gasteiger partial charge in [-0.05, 0) is 49.9 Å². The normalized spacial score (nSPS) is 20.9. The summed E-state index contributed by atoms with van der Waals surface area (Å²) < 4.78 is 12.3. The van der Waals surface area contributed by atoms with E-state index in [4.69, 9.17) is 15.2 Å². The fourth-order valence-electron chi connectivity index (χ4n) is 2.14. The van der Waals surface area contributed by atoms with E-state index in [1.165, 1.54) is 6.42 Å². The number of nitrogens with two attached hydrogens (primary N) is 1. The zero-order chi connectivity index (χ0) is 12.8. The van der Waals surface area contributed by atoms with Gasteiger partial charge >= 0.3 is 0 Å². The number of hydrogen-bond donors (Lipinski definition) is 1. The summed E-state index contributed by atoms with van der Waals surface area (Å²) in [5.41, 5.74) is 6.07. The largest absolute Gasteiger partial charge is 0.494 e. The summed E-state index contributed by atoms with van der Waals surface area (Å²) in [7, 11) is 0. The Balaban J connectivity index is 1.63. The van der Waals surface area contributed by atoms with Crippen molar-refractivity contribution in [3.05, 3.63) is 28.7 Å². The van der Waals surface area contributed by atoms with Crippen molar-refractivity contribution in [3.8, 4) is 5.75 Å². The van der Waals surface area contributed by atoms with E-state index in [-0.39, 0.29) is 6.04 Å².